The number of alkyl halides is 3. The normalized spacial score (nSPS) is 17.7. The number of fused-ring (bicyclic) bond motifs is 2. The zero-order valence-corrected chi connectivity index (χ0v) is 16.6. The number of halogens is 4. The van der Waals surface area contributed by atoms with E-state index in [1.54, 1.807) is 0 Å². The summed E-state index contributed by atoms with van der Waals surface area (Å²) in [5.41, 5.74) is -0.0815. The SMILES string of the molecule is O=C(CSc1c(F)cccc1C(F)(F)F)N1CCC2(CC1)C(=O)Nc1ccccc12. The topological polar surface area (TPSA) is 49.4 Å². The average Bonchev–Trinajstić information content (AvgIpc) is 2.98. The van der Waals surface area contributed by atoms with Crippen LogP contribution in [-0.2, 0) is 21.2 Å². The molecule has 0 saturated carbocycles. The van der Waals surface area contributed by atoms with Crippen LogP contribution < -0.4 is 5.32 Å². The first-order chi connectivity index (χ1) is 14.2. The van der Waals surface area contributed by atoms with Crippen molar-refractivity contribution in [2.45, 2.75) is 29.3 Å². The molecule has 30 heavy (non-hydrogen) atoms. The van der Waals surface area contributed by atoms with Crippen LogP contribution in [0.25, 0.3) is 0 Å². The molecule has 2 amide bonds. The molecule has 158 valence electrons. The second kappa shape index (κ2) is 7.61. The van der Waals surface area contributed by atoms with Gasteiger partial charge in [0.05, 0.1) is 21.6 Å². The van der Waals surface area contributed by atoms with Crippen molar-refractivity contribution in [1.82, 2.24) is 4.90 Å². The monoisotopic (exact) mass is 438 g/mol. The lowest BCUT2D eigenvalue weighted by Gasteiger charge is -2.38. The highest BCUT2D eigenvalue weighted by Crippen LogP contribution is 2.45. The number of benzene rings is 2. The zero-order valence-electron chi connectivity index (χ0n) is 15.8. The van der Waals surface area contributed by atoms with Crippen LogP contribution in [-0.4, -0.2) is 35.6 Å². The highest BCUT2D eigenvalue weighted by molar-refractivity contribution is 8.00. The fourth-order valence-corrected chi connectivity index (χ4v) is 5.11. The number of hydrogen-bond acceptors (Lipinski definition) is 3. The van der Waals surface area contributed by atoms with Crippen LogP contribution in [0, 0.1) is 5.82 Å². The van der Waals surface area contributed by atoms with E-state index in [4.69, 9.17) is 0 Å². The second-order valence-corrected chi connectivity index (χ2v) is 8.35. The minimum Gasteiger partial charge on any atom is -0.342 e. The molecule has 1 fully saturated rings. The molecule has 0 bridgehead atoms. The van der Waals surface area contributed by atoms with Crippen molar-refractivity contribution < 1.29 is 27.2 Å². The fourth-order valence-electron chi connectivity index (χ4n) is 4.11. The summed E-state index contributed by atoms with van der Waals surface area (Å²) in [6, 6.07) is 10.2. The summed E-state index contributed by atoms with van der Waals surface area (Å²) in [5, 5.41) is 2.88. The number of rotatable bonds is 3. The molecule has 2 aliphatic heterocycles. The maximum absolute atomic E-state index is 14.0. The van der Waals surface area contributed by atoms with Crippen LogP contribution in [0.3, 0.4) is 0 Å². The Kier molecular flexibility index (Phi) is 5.25. The van der Waals surface area contributed by atoms with E-state index in [0.29, 0.717) is 37.7 Å². The molecule has 0 aliphatic carbocycles. The molecule has 4 nitrogen and oxygen atoms in total. The molecule has 0 atom stereocenters. The highest BCUT2D eigenvalue weighted by atomic mass is 32.2. The van der Waals surface area contributed by atoms with E-state index < -0.39 is 27.9 Å². The van der Waals surface area contributed by atoms with Crippen LogP contribution in [0.1, 0.15) is 24.0 Å². The molecule has 9 heteroatoms. The van der Waals surface area contributed by atoms with Crippen LogP contribution in [0.15, 0.2) is 47.4 Å². The van der Waals surface area contributed by atoms with Crippen molar-refractivity contribution >= 4 is 29.3 Å². The molecule has 0 unspecified atom stereocenters. The molecule has 1 N–H and O–H groups in total. The van der Waals surface area contributed by atoms with E-state index in [2.05, 4.69) is 5.32 Å². The maximum atomic E-state index is 14.0. The van der Waals surface area contributed by atoms with Crippen molar-refractivity contribution in [3.8, 4) is 0 Å². The number of amides is 2. The molecule has 0 radical (unpaired) electrons. The van der Waals surface area contributed by atoms with Gasteiger partial charge in [-0.1, -0.05) is 24.3 Å². The molecule has 1 saturated heterocycles. The van der Waals surface area contributed by atoms with Crippen LogP contribution >= 0.6 is 11.8 Å². The number of para-hydroxylation sites is 1. The lowest BCUT2D eigenvalue weighted by atomic mass is 9.73. The molecule has 1 spiro atoms. The predicted octanol–water partition coefficient (Wildman–Crippen LogP) is 4.45. The number of likely N-dealkylation sites (tertiary alicyclic amines) is 1. The average molecular weight is 438 g/mol. The number of hydrogen-bond donors (Lipinski definition) is 1. The minimum atomic E-state index is -4.70. The summed E-state index contributed by atoms with van der Waals surface area (Å²) in [6.45, 7) is 0.620. The first-order valence-corrected chi connectivity index (χ1v) is 10.4. The molecule has 2 aliphatic rings. The van der Waals surface area contributed by atoms with Gasteiger partial charge in [0.15, 0.2) is 0 Å². The molecular weight excluding hydrogens is 420 g/mol. The van der Waals surface area contributed by atoms with E-state index in [9.17, 15) is 27.2 Å². The lowest BCUT2D eigenvalue weighted by Crippen LogP contribution is -2.48. The number of piperidine rings is 1. The Labute approximate surface area is 174 Å². The minimum absolute atomic E-state index is 0.0913. The van der Waals surface area contributed by atoms with Gasteiger partial charge in [0.1, 0.15) is 5.82 Å². The molecule has 2 aromatic carbocycles. The first-order valence-electron chi connectivity index (χ1n) is 9.40. The number of thioether (sulfide) groups is 1. The standard InChI is InChI=1S/C21H18F4N2O2S/c22-15-6-3-5-14(21(23,24)25)18(15)30-12-17(28)27-10-8-20(9-11-27)13-4-1-2-7-16(13)26-19(20)29/h1-7H,8-12H2,(H,26,29). The van der Waals surface area contributed by atoms with Gasteiger partial charge in [-0.05, 0) is 36.6 Å². The Hall–Kier alpha value is -2.55. The Bertz CT molecular complexity index is 1000. The van der Waals surface area contributed by atoms with E-state index in [1.807, 2.05) is 24.3 Å². The third-order valence-corrected chi connectivity index (χ3v) is 6.80. The summed E-state index contributed by atoms with van der Waals surface area (Å²) >= 11 is 0.550. The van der Waals surface area contributed by atoms with E-state index in [0.717, 1.165) is 29.4 Å². The van der Waals surface area contributed by atoms with Crippen molar-refractivity contribution in [2.75, 3.05) is 24.2 Å². The molecule has 0 aromatic heterocycles. The van der Waals surface area contributed by atoms with Gasteiger partial charge in [-0.2, -0.15) is 13.2 Å². The third-order valence-electron chi connectivity index (χ3n) is 5.71. The van der Waals surface area contributed by atoms with E-state index in [-0.39, 0.29) is 17.6 Å². The summed E-state index contributed by atoms with van der Waals surface area (Å²) < 4.78 is 53.3. The Morgan fingerprint density at radius 1 is 1.10 bits per heavy atom. The van der Waals surface area contributed by atoms with Gasteiger partial charge in [0.2, 0.25) is 11.8 Å². The summed E-state index contributed by atoms with van der Waals surface area (Å²) in [7, 11) is 0. The van der Waals surface area contributed by atoms with Crippen molar-refractivity contribution in [1.29, 1.82) is 0 Å². The lowest BCUT2D eigenvalue weighted by molar-refractivity contribution is -0.140. The van der Waals surface area contributed by atoms with E-state index >= 15 is 0 Å². The van der Waals surface area contributed by atoms with Crippen molar-refractivity contribution in [3.05, 3.63) is 59.4 Å². The van der Waals surface area contributed by atoms with Gasteiger partial charge in [0, 0.05) is 18.8 Å². The maximum Gasteiger partial charge on any atom is 0.417 e. The Balaban J connectivity index is 1.43. The number of nitrogens with zero attached hydrogens (tertiary/aromatic N) is 1. The second-order valence-electron chi connectivity index (χ2n) is 7.37. The van der Waals surface area contributed by atoms with Crippen molar-refractivity contribution in [3.63, 3.8) is 0 Å². The number of carbonyl (C=O) groups excluding carboxylic acids is 2. The number of carbonyl (C=O) groups is 2. The third kappa shape index (κ3) is 3.55. The van der Waals surface area contributed by atoms with Gasteiger partial charge in [-0.15, -0.1) is 11.8 Å². The molecule has 4 rings (SSSR count). The fraction of sp³-hybridized carbons (Fsp3) is 0.333. The van der Waals surface area contributed by atoms with Crippen molar-refractivity contribution in [2.24, 2.45) is 0 Å². The van der Waals surface area contributed by atoms with Gasteiger partial charge in [-0.3, -0.25) is 9.59 Å². The van der Waals surface area contributed by atoms with Crippen LogP contribution in [0.5, 0.6) is 0 Å². The van der Waals surface area contributed by atoms with Crippen LogP contribution in [0.2, 0.25) is 0 Å². The predicted molar refractivity (Wildman–Crippen MR) is 105 cm³/mol. The van der Waals surface area contributed by atoms with Gasteiger partial charge in [0.25, 0.3) is 0 Å². The summed E-state index contributed by atoms with van der Waals surface area (Å²) in [5.74, 6) is -1.77. The van der Waals surface area contributed by atoms with Gasteiger partial charge >= 0.3 is 6.18 Å². The largest absolute Gasteiger partial charge is 0.417 e. The smallest absolute Gasteiger partial charge is 0.342 e. The molecule has 2 aromatic rings. The quantitative estimate of drug-likeness (QED) is 0.569. The summed E-state index contributed by atoms with van der Waals surface area (Å²) in [4.78, 5) is 26.1. The number of nitrogens with one attached hydrogen (secondary N) is 1. The zero-order chi connectivity index (χ0) is 21.5. The molecule has 2 heterocycles. The van der Waals surface area contributed by atoms with Gasteiger partial charge < -0.3 is 10.2 Å². The summed E-state index contributed by atoms with van der Waals surface area (Å²) in [6.07, 6.45) is -3.84. The highest BCUT2D eigenvalue weighted by Gasteiger charge is 2.48. The van der Waals surface area contributed by atoms with Gasteiger partial charge in [-0.25, -0.2) is 4.39 Å². The Morgan fingerprint density at radius 2 is 1.80 bits per heavy atom. The Morgan fingerprint density at radius 3 is 2.50 bits per heavy atom. The first kappa shape index (κ1) is 20.7. The number of anilines is 1. The molecular formula is C21H18F4N2O2S. The van der Waals surface area contributed by atoms with Crippen LogP contribution in [0.4, 0.5) is 23.2 Å². The van der Waals surface area contributed by atoms with E-state index in [1.165, 1.54) is 4.90 Å².